The van der Waals surface area contributed by atoms with Gasteiger partial charge in [-0.3, -0.25) is 0 Å². The van der Waals surface area contributed by atoms with Gasteiger partial charge >= 0.3 is 5.97 Å². The molecule has 7 heteroatoms. The van der Waals surface area contributed by atoms with Gasteiger partial charge in [-0.15, -0.1) is 0 Å². The molecule has 1 heterocycles. The highest BCUT2D eigenvalue weighted by Crippen LogP contribution is 2.24. The summed E-state index contributed by atoms with van der Waals surface area (Å²) >= 11 is 2.91. The number of halogens is 4. The molecule has 0 amide bonds. The van der Waals surface area contributed by atoms with Gasteiger partial charge in [-0.1, -0.05) is 15.9 Å². The minimum Gasteiger partial charge on any atom is -0.477 e. The molecule has 1 aromatic rings. The Labute approximate surface area is 91.1 Å². The zero-order valence-electron chi connectivity index (χ0n) is 7.18. The Bertz CT molecular complexity index is 398. The number of rotatable bonds is 3. The average Bonchev–Trinajstić information content (AvgIpc) is 2.16. The predicted molar refractivity (Wildman–Crippen MR) is 48.7 cm³/mol. The van der Waals surface area contributed by atoms with Crippen molar-refractivity contribution < 1.29 is 23.1 Å². The van der Waals surface area contributed by atoms with Crippen molar-refractivity contribution in [2.24, 2.45) is 0 Å². The number of hydrogen-bond acceptors (Lipinski definition) is 2. The molecule has 15 heavy (non-hydrogen) atoms. The van der Waals surface area contributed by atoms with E-state index >= 15 is 0 Å². The second kappa shape index (κ2) is 4.61. The monoisotopic (exact) mass is 283 g/mol. The minimum atomic E-state index is -3.02. The Morgan fingerprint density at radius 2 is 2.20 bits per heavy atom. The summed E-state index contributed by atoms with van der Waals surface area (Å²) in [5.74, 6) is -2.91. The molecule has 0 spiro atoms. The lowest BCUT2D eigenvalue weighted by molar-refractivity contribution is 0.0686. The number of hydrogen-bond donors (Lipinski definition) is 1. The summed E-state index contributed by atoms with van der Waals surface area (Å²) in [5.41, 5.74) is -1.44. The second-order valence-electron chi connectivity index (χ2n) is 2.62. The standard InChI is InChI=1S/C8H5BrF3NO2/c9-2-3-1-4(6(10)11)7(12)13-5(3)8(14)15/h1,6H,2H2,(H,14,15). The maximum atomic E-state index is 12.9. The number of carboxylic acid groups (broad SMARTS) is 1. The fraction of sp³-hybridized carbons (Fsp3) is 0.250. The Morgan fingerprint density at radius 1 is 1.60 bits per heavy atom. The molecule has 0 aliphatic heterocycles. The number of carboxylic acids is 1. The van der Waals surface area contributed by atoms with Crippen LogP contribution in [-0.2, 0) is 5.33 Å². The lowest BCUT2D eigenvalue weighted by Crippen LogP contribution is -2.09. The van der Waals surface area contributed by atoms with Crippen LogP contribution in [-0.4, -0.2) is 16.1 Å². The molecule has 1 aromatic heterocycles. The summed E-state index contributed by atoms with van der Waals surface area (Å²) in [4.78, 5) is 13.6. The van der Waals surface area contributed by atoms with E-state index in [-0.39, 0.29) is 10.9 Å². The van der Waals surface area contributed by atoms with E-state index in [0.29, 0.717) is 0 Å². The average molecular weight is 284 g/mol. The van der Waals surface area contributed by atoms with Gasteiger partial charge in [0, 0.05) is 5.33 Å². The van der Waals surface area contributed by atoms with Gasteiger partial charge in [0.05, 0.1) is 5.56 Å². The quantitative estimate of drug-likeness (QED) is 0.686. The molecular formula is C8H5BrF3NO2. The third-order valence-electron chi connectivity index (χ3n) is 1.66. The molecule has 0 bridgehead atoms. The van der Waals surface area contributed by atoms with Gasteiger partial charge < -0.3 is 5.11 Å². The van der Waals surface area contributed by atoms with E-state index in [4.69, 9.17) is 5.11 Å². The van der Waals surface area contributed by atoms with Crippen LogP contribution in [0, 0.1) is 5.95 Å². The van der Waals surface area contributed by atoms with Gasteiger partial charge in [0.1, 0.15) is 0 Å². The van der Waals surface area contributed by atoms with Gasteiger partial charge in [-0.05, 0) is 11.6 Å². The van der Waals surface area contributed by atoms with E-state index in [2.05, 4.69) is 20.9 Å². The van der Waals surface area contributed by atoms with E-state index < -0.39 is 29.6 Å². The fourth-order valence-electron chi connectivity index (χ4n) is 0.990. The summed E-state index contributed by atoms with van der Waals surface area (Å²) < 4.78 is 37.4. The third-order valence-corrected chi connectivity index (χ3v) is 2.27. The summed E-state index contributed by atoms with van der Waals surface area (Å²) in [6.07, 6.45) is -3.02. The van der Waals surface area contributed by atoms with E-state index in [0.717, 1.165) is 6.07 Å². The lowest BCUT2D eigenvalue weighted by atomic mass is 10.1. The first-order chi connectivity index (χ1) is 6.97. The largest absolute Gasteiger partial charge is 0.477 e. The van der Waals surface area contributed by atoms with Gasteiger partial charge in [-0.2, -0.15) is 4.39 Å². The van der Waals surface area contributed by atoms with E-state index in [1.54, 1.807) is 0 Å². The first kappa shape index (κ1) is 12.0. The molecule has 82 valence electrons. The molecule has 0 radical (unpaired) electrons. The highest BCUT2D eigenvalue weighted by atomic mass is 79.9. The second-order valence-corrected chi connectivity index (χ2v) is 3.18. The zero-order valence-corrected chi connectivity index (χ0v) is 8.76. The number of pyridine rings is 1. The van der Waals surface area contributed by atoms with Crippen LogP contribution >= 0.6 is 15.9 Å². The van der Waals surface area contributed by atoms with Crippen LogP contribution in [0.5, 0.6) is 0 Å². The van der Waals surface area contributed by atoms with Gasteiger partial charge in [0.2, 0.25) is 5.95 Å². The number of carbonyl (C=O) groups is 1. The van der Waals surface area contributed by atoms with Crippen LogP contribution in [0.3, 0.4) is 0 Å². The van der Waals surface area contributed by atoms with Crippen molar-refractivity contribution in [3.8, 4) is 0 Å². The molecule has 0 saturated carbocycles. The molecule has 0 saturated heterocycles. The van der Waals surface area contributed by atoms with Crippen molar-refractivity contribution in [3.05, 3.63) is 28.8 Å². The molecule has 0 aliphatic rings. The zero-order chi connectivity index (χ0) is 11.6. The summed E-state index contributed by atoms with van der Waals surface area (Å²) in [6, 6.07) is 0.797. The molecule has 0 aliphatic carbocycles. The first-order valence-electron chi connectivity index (χ1n) is 3.74. The van der Waals surface area contributed by atoms with Crippen LogP contribution in [0.25, 0.3) is 0 Å². The SMILES string of the molecule is O=C(O)c1nc(F)c(C(F)F)cc1CBr. The highest BCUT2D eigenvalue weighted by Gasteiger charge is 2.20. The van der Waals surface area contributed by atoms with Gasteiger partial charge in [0.25, 0.3) is 6.43 Å². The Kier molecular flexibility index (Phi) is 3.67. The van der Waals surface area contributed by atoms with E-state index in [1.165, 1.54) is 0 Å². The Balaban J connectivity index is 3.35. The van der Waals surface area contributed by atoms with Crippen molar-refractivity contribution in [1.82, 2.24) is 4.98 Å². The van der Waals surface area contributed by atoms with Crippen molar-refractivity contribution in [2.45, 2.75) is 11.8 Å². The summed E-state index contributed by atoms with van der Waals surface area (Å²) in [7, 11) is 0. The molecule has 1 N–H and O–H groups in total. The fourth-order valence-corrected chi connectivity index (χ4v) is 1.42. The first-order valence-corrected chi connectivity index (χ1v) is 4.86. The Morgan fingerprint density at radius 3 is 2.60 bits per heavy atom. The van der Waals surface area contributed by atoms with Gasteiger partial charge in [0.15, 0.2) is 5.69 Å². The molecule has 0 unspecified atom stereocenters. The van der Waals surface area contributed by atoms with E-state index in [1.807, 2.05) is 0 Å². The maximum Gasteiger partial charge on any atom is 0.354 e. The van der Waals surface area contributed by atoms with Crippen molar-refractivity contribution in [1.29, 1.82) is 0 Å². The van der Waals surface area contributed by atoms with Crippen LogP contribution < -0.4 is 0 Å². The van der Waals surface area contributed by atoms with Crippen LogP contribution in [0.15, 0.2) is 6.07 Å². The highest BCUT2D eigenvalue weighted by molar-refractivity contribution is 9.08. The smallest absolute Gasteiger partial charge is 0.354 e. The summed E-state index contributed by atoms with van der Waals surface area (Å²) in [5, 5.41) is 8.63. The number of aromatic carboxylic acids is 1. The third kappa shape index (κ3) is 2.47. The molecule has 3 nitrogen and oxygen atoms in total. The van der Waals surface area contributed by atoms with E-state index in [9.17, 15) is 18.0 Å². The molecule has 0 aromatic carbocycles. The predicted octanol–water partition coefficient (Wildman–Crippen LogP) is 2.75. The minimum absolute atomic E-state index is 0.0131. The number of aromatic nitrogens is 1. The van der Waals surface area contributed by atoms with Crippen molar-refractivity contribution in [2.75, 3.05) is 0 Å². The normalized spacial score (nSPS) is 10.7. The van der Waals surface area contributed by atoms with Crippen LogP contribution in [0.4, 0.5) is 13.2 Å². The van der Waals surface area contributed by atoms with Gasteiger partial charge in [-0.25, -0.2) is 18.6 Å². The number of alkyl halides is 3. The summed E-state index contributed by atoms with van der Waals surface area (Å²) in [6.45, 7) is 0. The molecule has 0 fully saturated rings. The lowest BCUT2D eigenvalue weighted by Gasteiger charge is -2.06. The molecular weight excluding hydrogens is 279 g/mol. The van der Waals surface area contributed by atoms with Crippen LogP contribution in [0.2, 0.25) is 0 Å². The number of nitrogens with zero attached hydrogens (tertiary/aromatic N) is 1. The van der Waals surface area contributed by atoms with Crippen LogP contribution in [0.1, 0.15) is 28.0 Å². The molecule has 1 rings (SSSR count). The Hall–Kier alpha value is -1.11. The maximum absolute atomic E-state index is 12.9. The van der Waals surface area contributed by atoms with Crippen molar-refractivity contribution >= 4 is 21.9 Å². The van der Waals surface area contributed by atoms with Crippen molar-refractivity contribution in [3.63, 3.8) is 0 Å². The molecule has 0 atom stereocenters. The topological polar surface area (TPSA) is 50.2 Å².